The number of hydrogen-bond acceptors (Lipinski definition) is 7. The van der Waals surface area contributed by atoms with E-state index in [1.165, 1.54) is 12.1 Å². The van der Waals surface area contributed by atoms with Crippen molar-refractivity contribution >= 4 is 16.7 Å². The monoisotopic (exact) mass is 325 g/mol. The summed E-state index contributed by atoms with van der Waals surface area (Å²) in [7, 11) is 0. The Morgan fingerprint density at radius 3 is 2.61 bits per heavy atom. The highest BCUT2D eigenvalue weighted by molar-refractivity contribution is 5.80. The van der Waals surface area contributed by atoms with Crippen molar-refractivity contribution in [2.45, 2.75) is 30.6 Å². The molecule has 0 aliphatic carbocycles. The Kier molecular flexibility index (Phi) is 4.31. The highest BCUT2D eigenvalue weighted by atomic mass is 19.1. The fourth-order valence-electron chi connectivity index (χ4n) is 2.57. The molecule has 5 atom stereocenters. The average molecular weight is 325 g/mol. The summed E-state index contributed by atoms with van der Waals surface area (Å²) in [5.74, 6) is 0. The lowest BCUT2D eigenvalue weighted by Crippen LogP contribution is -2.60. The van der Waals surface area contributed by atoms with E-state index < -0.39 is 42.9 Å². The number of aliphatic hydroxyl groups is 3. The molecule has 0 bridgehead atoms. The van der Waals surface area contributed by atoms with Gasteiger partial charge >= 0.3 is 5.63 Å². The predicted octanol–water partition coefficient (Wildman–Crippen LogP) is -0.0180. The zero-order valence-electron chi connectivity index (χ0n) is 11.9. The van der Waals surface area contributed by atoms with Crippen LogP contribution in [0.5, 0.6) is 0 Å². The van der Waals surface area contributed by atoms with Crippen LogP contribution in [-0.4, -0.2) is 52.6 Å². The molecule has 3 unspecified atom stereocenters. The van der Waals surface area contributed by atoms with Crippen molar-refractivity contribution in [2.24, 2.45) is 0 Å². The Labute approximate surface area is 129 Å². The van der Waals surface area contributed by atoms with Crippen LogP contribution in [0.4, 0.5) is 10.1 Å². The number of fused-ring (bicyclic) bond motifs is 1. The summed E-state index contributed by atoms with van der Waals surface area (Å²) in [5.41, 5.74) is 0.256. The molecule has 8 heteroatoms. The molecule has 0 saturated carbocycles. The van der Waals surface area contributed by atoms with Crippen LogP contribution in [0.3, 0.4) is 0 Å². The predicted molar refractivity (Wildman–Crippen MR) is 78.8 cm³/mol. The van der Waals surface area contributed by atoms with Crippen molar-refractivity contribution in [1.82, 2.24) is 0 Å². The van der Waals surface area contributed by atoms with Crippen LogP contribution in [0.1, 0.15) is 0 Å². The molecule has 1 aliphatic rings. The zero-order valence-corrected chi connectivity index (χ0v) is 11.9. The minimum Gasteiger partial charge on any atom is -0.423 e. The molecule has 0 spiro atoms. The number of halogens is 1. The van der Waals surface area contributed by atoms with Gasteiger partial charge in [0.25, 0.3) is 0 Å². The molecule has 1 saturated heterocycles. The van der Waals surface area contributed by atoms with Crippen molar-refractivity contribution in [3.8, 4) is 0 Å². The lowest BCUT2D eigenvalue weighted by molar-refractivity contribution is -0.240. The van der Waals surface area contributed by atoms with Gasteiger partial charge < -0.3 is 29.8 Å². The Morgan fingerprint density at radius 1 is 1.13 bits per heavy atom. The van der Waals surface area contributed by atoms with Crippen LogP contribution in [0.2, 0.25) is 0 Å². The SMILES string of the molecule is O=c1ccc2ccc(N[C@@H]3C(O)OC(CF)[C@@H](O)C3O)cc2o1. The minimum atomic E-state index is -1.51. The summed E-state index contributed by atoms with van der Waals surface area (Å²) in [6, 6.07) is 6.68. The van der Waals surface area contributed by atoms with Crippen molar-refractivity contribution in [3.63, 3.8) is 0 Å². The third kappa shape index (κ3) is 3.06. The Hall–Kier alpha value is -2.00. The fourth-order valence-corrected chi connectivity index (χ4v) is 2.57. The van der Waals surface area contributed by atoms with Crippen molar-refractivity contribution in [2.75, 3.05) is 12.0 Å². The molecule has 2 aromatic rings. The normalized spacial score (nSPS) is 31.2. The Balaban J connectivity index is 1.84. The molecule has 23 heavy (non-hydrogen) atoms. The van der Waals surface area contributed by atoms with Crippen LogP contribution in [0, 0.1) is 0 Å². The van der Waals surface area contributed by atoms with Crippen molar-refractivity contribution in [3.05, 3.63) is 40.8 Å². The van der Waals surface area contributed by atoms with Crippen LogP contribution in [0.15, 0.2) is 39.5 Å². The second kappa shape index (κ2) is 6.25. The van der Waals surface area contributed by atoms with Gasteiger partial charge in [-0.15, -0.1) is 0 Å². The standard InChI is InChI=1S/C15H16FNO6/c16-6-10-13(19)14(20)12(15(21)23-10)17-8-3-1-7-2-4-11(18)22-9(7)5-8/h1-5,10,12-15,17,19-21H,6H2/t10?,12-,13+,14?,15?/m0/s1. The highest BCUT2D eigenvalue weighted by Crippen LogP contribution is 2.25. The van der Waals surface area contributed by atoms with E-state index in [1.54, 1.807) is 18.2 Å². The smallest absolute Gasteiger partial charge is 0.336 e. The Bertz CT molecular complexity index is 750. The molecule has 1 fully saturated rings. The quantitative estimate of drug-likeness (QED) is 0.587. The number of benzene rings is 1. The first-order valence-corrected chi connectivity index (χ1v) is 7.05. The first kappa shape index (κ1) is 15.9. The van der Waals surface area contributed by atoms with E-state index in [0.29, 0.717) is 16.7 Å². The van der Waals surface area contributed by atoms with Gasteiger partial charge in [0, 0.05) is 23.2 Å². The minimum absolute atomic E-state index is 0.324. The molecule has 2 heterocycles. The van der Waals surface area contributed by atoms with Crippen LogP contribution < -0.4 is 10.9 Å². The van der Waals surface area contributed by atoms with Crippen molar-refractivity contribution < 1.29 is 28.9 Å². The third-order valence-corrected chi connectivity index (χ3v) is 3.83. The number of anilines is 1. The average Bonchev–Trinajstić information content (AvgIpc) is 2.54. The third-order valence-electron chi connectivity index (χ3n) is 3.83. The number of aliphatic hydroxyl groups excluding tert-OH is 3. The van der Waals surface area contributed by atoms with E-state index >= 15 is 0 Å². The lowest BCUT2D eigenvalue weighted by atomic mass is 9.97. The number of rotatable bonds is 3. The molecular formula is C15H16FNO6. The zero-order chi connectivity index (χ0) is 16.6. The second-order valence-electron chi connectivity index (χ2n) is 5.38. The molecule has 0 amide bonds. The van der Waals surface area contributed by atoms with Crippen LogP contribution in [0.25, 0.3) is 11.0 Å². The molecule has 1 aromatic carbocycles. The summed E-state index contributed by atoms with van der Waals surface area (Å²) in [6.07, 6.45) is -5.70. The van der Waals surface area contributed by atoms with Gasteiger partial charge in [-0.2, -0.15) is 0 Å². The lowest BCUT2D eigenvalue weighted by Gasteiger charge is -2.40. The van der Waals surface area contributed by atoms with E-state index in [1.807, 2.05) is 0 Å². The first-order valence-electron chi connectivity index (χ1n) is 7.05. The van der Waals surface area contributed by atoms with Gasteiger partial charge in [-0.05, 0) is 18.2 Å². The molecular weight excluding hydrogens is 309 g/mol. The summed E-state index contributed by atoms with van der Waals surface area (Å²) in [4.78, 5) is 11.2. The molecule has 3 rings (SSSR count). The first-order chi connectivity index (χ1) is 11.0. The van der Waals surface area contributed by atoms with Gasteiger partial charge in [-0.3, -0.25) is 0 Å². The maximum atomic E-state index is 12.7. The summed E-state index contributed by atoms with van der Waals surface area (Å²) in [6.45, 7) is -1.02. The van der Waals surface area contributed by atoms with E-state index in [0.717, 1.165) is 0 Å². The number of nitrogens with one attached hydrogen (secondary N) is 1. The summed E-state index contributed by atoms with van der Waals surface area (Å²) >= 11 is 0. The van der Waals surface area contributed by atoms with E-state index in [-0.39, 0.29) is 0 Å². The van der Waals surface area contributed by atoms with Crippen LogP contribution in [-0.2, 0) is 4.74 Å². The molecule has 7 nitrogen and oxygen atoms in total. The van der Waals surface area contributed by atoms with Gasteiger partial charge in [0.15, 0.2) is 6.29 Å². The van der Waals surface area contributed by atoms with Crippen LogP contribution >= 0.6 is 0 Å². The topological polar surface area (TPSA) is 112 Å². The number of ether oxygens (including phenoxy) is 1. The maximum absolute atomic E-state index is 12.7. The van der Waals surface area contributed by atoms with Gasteiger partial charge in [0.1, 0.15) is 36.6 Å². The second-order valence-corrected chi connectivity index (χ2v) is 5.38. The maximum Gasteiger partial charge on any atom is 0.336 e. The van der Waals surface area contributed by atoms with Crippen molar-refractivity contribution in [1.29, 1.82) is 0 Å². The van der Waals surface area contributed by atoms with E-state index in [4.69, 9.17) is 9.15 Å². The molecule has 4 N–H and O–H groups in total. The van der Waals surface area contributed by atoms with E-state index in [9.17, 15) is 24.5 Å². The largest absolute Gasteiger partial charge is 0.423 e. The Morgan fingerprint density at radius 2 is 1.87 bits per heavy atom. The molecule has 1 aliphatic heterocycles. The molecule has 0 radical (unpaired) electrons. The molecule has 1 aromatic heterocycles. The van der Waals surface area contributed by atoms with E-state index in [2.05, 4.69) is 5.32 Å². The number of alkyl halides is 1. The van der Waals surface area contributed by atoms with Gasteiger partial charge in [0.2, 0.25) is 0 Å². The van der Waals surface area contributed by atoms with Gasteiger partial charge in [0.05, 0.1) is 0 Å². The summed E-state index contributed by atoms with van der Waals surface area (Å²) in [5, 5.41) is 33.2. The highest BCUT2D eigenvalue weighted by Gasteiger charge is 2.43. The fraction of sp³-hybridized carbons (Fsp3) is 0.400. The summed E-state index contributed by atoms with van der Waals surface area (Å²) < 4.78 is 22.7. The number of hydrogen-bond donors (Lipinski definition) is 4. The van der Waals surface area contributed by atoms with Gasteiger partial charge in [-0.1, -0.05) is 0 Å². The molecule has 124 valence electrons. The van der Waals surface area contributed by atoms with Gasteiger partial charge in [-0.25, -0.2) is 9.18 Å².